The lowest BCUT2D eigenvalue weighted by Gasteiger charge is -2.29. The van der Waals surface area contributed by atoms with E-state index in [4.69, 9.17) is 0 Å². The summed E-state index contributed by atoms with van der Waals surface area (Å²) in [4.78, 5) is 41.4. The van der Waals surface area contributed by atoms with Gasteiger partial charge < -0.3 is 0 Å². The molecule has 0 radical (unpaired) electrons. The molecule has 0 bridgehead atoms. The molecule has 3 aromatic rings. The Kier molecular flexibility index (Phi) is 5.13. The summed E-state index contributed by atoms with van der Waals surface area (Å²) in [7, 11) is 1.75. The molecule has 0 unspecified atom stereocenters. The van der Waals surface area contributed by atoms with Crippen LogP contribution in [0.25, 0.3) is 12.2 Å². The number of nitro groups is 1. The lowest BCUT2D eigenvalue weighted by molar-refractivity contribution is -0.387. The highest BCUT2D eigenvalue weighted by Crippen LogP contribution is 2.33. The average molecular weight is 408 g/mol. The molecule has 0 N–H and O–H groups in total. The van der Waals surface area contributed by atoms with Gasteiger partial charge >= 0.3 is 16.9 Å². The maximum absolute atomic E-state index is 13.3. The Morgan fingerprint density at radius 2 is 1.97 bits per heavy atom. The number of nitrogens with zero attached hydrogens (tertiary/aromatic N) is 6. The number of rotatable bonds is 6. The van der Waals surface area contributed by atoms with Crippen LogP contribution in [0.4, 0.5) is 5.69 Å². The second-order valence-corrected chi connectivity index (χ2v) is 7.26. The summed E-state index contributed by atoms with van der Waals surface area (Å²) in [5.74, 6) is 0. The summed E-state index contributed by atoms with van der Waals surface area (Å²) in [6, 6.07) is 3.16. The van der Waals surface area contributed by atoms with E-state index in [-0.39, 0.29) is 18.3 Å². The minimum absolute atomic E-state index is 0.0227. The van der Waals surface area contributed by atoms with E-state index in [1.54, 1.807) is 54.7 Å². The predicted octanol–water partition coefficient (Wildman–Crippen LogP) is 1.99. The molecule has 10 heteroatoms. The van der Waals surface area contributed by atoms with Gasteiger partial charge in [0, 0.05) is 37.2 Å². The van der Waals surface area contributed by atoms with Crippen molar-refractivity contribution in [3.63, 3.8) is 0 Å². The lowest BCUT2D eigenvalue weighted by atomic mass is 9.92. The van der Waals surface area contributed by atoms with Crippen LogP contribution in [0.2, 0.25) is 0 Å². The SMILES string of the molecule is Cn1cc(C=Cc2c([N+](=O)[O-])c(=O)n(Cc3ccncc3)c(=O)n2C2CCC2)cn1. The van der Waals surface area contributed by atoms with Gasteiger partial charge in [0.2, 0.25) is 0 Å². The minimum atomic E-state index is -0.914. The Morgan fingerprint density at radius 3 is 2.53 bits per heavy atom. The Bertz CT molecular complexity index is 1230. The smallest absolute Gasteiger partial charge is 0.284 e. The Labute approximate surface area is 170 Å². The fourth-order valence-corrected chi connectivity index (χ4v) is 3.51. The van der Waals surface area contributed by atoms with Crippen molar-refractivity contribution in [3.8, 4) is 0 Å². The zero-order chi connectivity index (χ0) is 21.3. The first-order valence-electron chi connectivity index (χ1n) is 9.55. The van der Waals surface area contributed by atoms with Crippen LogP contribution in [-0.2, 0) is 13.6 Å². The summed E-state index contributed by atoms with van der Waals surface area (Å²) in [6.45, 7) is -0.0552. The van der Waals surface area contributed by atoms with Crippen LogP contribution in [0.3, 0.4) is 0 Å². The quantitative estimate of drug-likeness (QED) is 0.455. The van der Waals surface area contributed by atoms with Gasteiger partial charge in [-0.15, -0.1) is 0 Å². The zero-order valence-corrected chi connectivity index (χ0v) is 16.3. The molecule has 0 amide bonds. The van der Waals surface area contributed by atoms with Crippen LogP contribution in [0.5, 0.6) is 0 Å². The molecule has 154 valence electrons. The van der Waals surface area contributed by atoms with Gasteiger partial charge in [-0.1, -0.05) is 0 Å². The maximum Gasteiger partial charge on any atom is 0.357 e. The molecule has 3 aromatic heterocycles. The topological polar surface area (TPSA) is 118 Å². The van der Waals surface area contributed by atoms with Crippen LogP contribution in [0, 0.1) is 10.1 Å². The molecule has 30 heavy (non-hydrogen) atoms. The molecule has 4 rings (SSSR count). The predicted molar refractivity (Wildman–Crippen MR) is 110 cm³/mol. The maximum atomic E-state index is 13.3. The Balaban J connectivity index is 1.92. The van der Waals surface area contributed by atoms with Gasteiger partial charge in [0.25, 0.3) is 0 Å². The van der Waals surface area contributed by atoms with Crippen LogP contribution >= 0.6 is 0 Å². The summed E-state index contributed by atoms with van der Waals surface area (Å²) in [5.41, 5.74) is -0.663. The molecule has 0 saturated heterocycles. The second kappa shape index (κ2) is 7.90. The van der Waals surface area contributed by atoms with Crippen LogP contribution < -0.4 is 11.2 Å². The number of pyridine rings is 1. The van der Waals surface area contributed by atoms with Crippen LogP contribution in [-0.4, -0.2) is 28.8 Å². The van der Waals surface area contributed by atoms with E-state index in [2.05, 4.69) is 10.1 Å². The van der Waals surface area contributed by atoms with Gasteiger partial charge in [-0.2, -0.15) is 5.10 Å². The van der Waals surface area contributed by atoms with E-state index in [0.717, 1.165) is 23.8 Å². The molecule has 0 atom stereocenters. The first-order chi connectivity index (χ1) is 14.5. The molecule has 1 aliphatic rings. The largest absolute Gasteiger partial charge is 0.357 e. The molecule has 1 saturated carbocycles. The van der Waals surface area contributed by atoms with E-state index in [1.165, 1.54) is 10.6 Å². The van der Waals surface area contributed by atoms with Crippen molar-refractivity contribution >= 4 is 17.8 Å². The molecule has 3 heterocycles. The number of aryl methyl sites for hydroxylation is 1. The van der Waals surface area contributed by atoms with Crippen LogP contribution in [0.15, 0.2) is 46.5 Å². The van der Waals surface area contributed by atoms with Gasteiger partial charge in [-0.25, -0.2) is 9.36 Å². The summed E-state index contributed by atoms with van der Waals surface area (Å²) in [5, 5.41) is 15.9. The van der Waals surface area contributed by atoms with Gasteiger partial charge in [-0.05, 0) is 49.1 Å². The number of aromatic nitrogens is 5. The van der Waals surface area contributed by atoms with E-state index in [1.807, 2.05) is 0 Å². The highest BCUT2D eigenvalue weighted by atomic mass is 16.6. The standard InChI is InChI=1S/C20H20N6O4/c1-23-12-15(11-22-23)5-6-17-18(26(29)30)19(27)24(13-14-7-9-21-10-8-14)20(28)25(17)16-3-2-4-16/h5-12,16H,2-4,13H2,1H3. The average Bonchev–Trinajstić information content (AvgIpc) is 3.10. The van der Waals surface area contributed by atoms with E-state index >= 15 is 0 Å². The summed E-state index contributed by atoms with van der Waals surface area (Å²) < 4.78 is 3.93. The van der Waals surface area contributed by atoms with Crippen molar-refractivity contribution < 1.29 is 4.92 Å². The van der Waals surface area contributed by atoms with Crippen molar-refractivity contribution in [1.29, 1.82) is 0 Å². The molecular weight excluding hydrogens is 388 g/mol. The second-order valence-electron chi connectivity index (χ2n) is 7.26. The van der Waals surface area contributed by atoms with Gasteiger partial charge in [0.1, 0.15) is 5.69 Å². The van der Waals surface area contributed by atoms with Crippen LogP contribution in [0.1, 0.15) is 42.1 Å². The third-order valence-electron chi connectivity index (χ3n) is 5.26. The van der Waals surface area contributed by atoms with Gasteiger partial charge in [0.15, 0.2) is 0 Å². The highest BCUT2D eigenvalue weighted by Gasteiger charge is 2.31. The van der Waals surface area contributed by atoms with E-state index < -0.39 is 21.9 Å². The molecule has 1 fully saturated rings. The molecule has 1 aliphatic carbocycles. The van der Waals surface area contributed by atoms with E-state index in [9.17, 15) is 19.7 Å². The first-order valence-corrected chi connectivity index (χ1v) is 9.55. The zero-order valence-electron chi connectivity index (χ0n) is 16.3. The third-order valence-corrected chi connectivity index (χ3v) is 5.26. The molecule has 10 nitrogen and oxygen atoms in total. The van der Waals surface area contributed by atoms with Gasteiger partial charge in [-0.3, -0.25) is 29.1 Å². The van der Waals surface area contributed by atoms with Crippen molar-refractivity contribution in [2.45, 2.75) is 31.8 Å². The third kappa shape index (κ3) is 3.59. The molecule has 0 spiro atoms. The Morgan fingerprint density at radius 1 is 1.23 bits per heavy atom. The summed E-state index contributed by atoms with van der Waals surface area (Å²) in [6.07, 6.45) is 11.9. The molecular formula is C20H20N6O4. The normalized spacial score (nSPS) is 14.2. The number of hydrogen-bond acceptors (Lipinski definition) is 6. The molecule has 0 aliphatic heterocycles. The number of hydrogen-bond donors (Lipinski definition) is 0. The lowest BCUT2D eigenvalue weighted by Crippen LogP contribution is -2.44. The first kappa shape index (κ1) is 19.5. The van der Waals surface area contributed by atoms with Crippen molar-refractivity contribution in [2.75, 3.05) is 0 Å². The fraction of sp³-hybridized carbons (Fsp3) is 0.300. The van der Waals surface area contributed by atoms with Crippen molar-refractivity contribution in [3.05, 3.63) is 84.7 Å². The Hall–Kier alpha value is -3.82. The minimum Gasteiger partial charge on any atom is -0.284 e. The monoisotopic (exact) mass is 408 g/mol. The van der Waals surface area contributed by atoms with Crippen molar-refractivity contribution in [1.82, 2.24) is 23.9 Å². The highest BCUT2D eigenvalue weighted by molar-refractivity contribution is 5.71. The molecule has 0 aromatic carbocycles. The van der Waals surface area contributed by atoms with Crippen molar-refractivity contribution in [2.24, 2.45) is 7.05 Å². The van der Waals surface area contributed by atoms with Gasteiger partial charge in [0.05, 0.1) is 17.7 Å². The summed E-state index contributed by atoms with van der Waals surface area (Å²) >= 11 is 0. The fourth-order valence-electron chi connectivity index (χ4n) is 3.51. The van der Waals surface area contributed by atoms with E-state index in [0.29, 0.717) is 11.1 Å².